The topological polar surface area (TPSA) is 48.4 Å². The second-order valence-electron chi connectivity index (χ2n) is 6.39. The van der Waals surface area contributed by atoms with E-state index in [1.807, 2.05) is 80.6 Å². The van der Waals surface area contributed by atoms with Crippen LogP contribution in [0.4, 0.5) is 0 Å². The molecule has 3 aromatic rings. The third-order valence-electron chi connectivity index (χ3n) is 4.10. The molecule has 4 nitrogen and oxygen atoms in total. The number of aromatic nitrogens is 1. The summed E-state index contributed by atoms with van der Waals surface area (Å²) >= 11 is 0. The number of ether oxygens (including phenoxy) is 2. The second-order valence-corrected chi connectivity index (χ2v) is 6.39. The van der Waals surface area contributed by atoms with Crippen molar-refractivity contribution >= 4 is 24.2 Å². The number of carbonyl (C=O) groups is 1. The summed E-state index contributed by atoms with van der Waals surface area (Å²) in [5, 5.41) is 0. The zero-order valence-electron chi connectivity index (χ0n) is 16.5. The highest BCUT2D eigenvalue weighted by atomic mass is 16.6. The minimum atomic E-state index is -0.455. The molecule has 0 unspecified atom stereocenters. The van der Waals surface area contributed by atoms with Crippen LogP contribution in [-0.2, 0) is 4.79 Å². The first-order chi connectivity index (χ1) is 14.1. The SMILES string of the molecule is CCOc1cc(/C=C/c2ccccn2)ccc1OC(=O)/C=C/c1ccc(C)cc1. The van der Waals surface area contributed by atoms with Gasteiger partial charge in [0.2, 0.25) is 0 Å². The Morgan fingerprint density at radius 3 is 2.45 bits per heavy atom. The molecule has 0 aliphatic heterocycles. The van der Waals surface area contributed by atoms with Crippen LogP contribution in [0.15, 0.2) is 72.9 Å². The van der Waals surface area contributed by atoms with Gasteiger partial charge in [0.15, 0.2) is 11.5 Å². The number of pyridine rings is 1. The molecule has 0 saturated carbocycles. The van der Waals surface area contributed by atoms with E-state index in [1.54, 1.807) is 18.3 Å². The van der Waals surface area contributed by atoms with Gasteiger partial charge < -0.3 is 9.47 Å². The molecule has 0 bridgehead atoms. The van der Waals surface area contributed by atoms with E-state index in [0.717, 1.165) is 16.8 Å². The molecule has 0 amide bonds. The van der Waals surface area contributed by atoms with Crippen molar-refractivity contribution < 1.29 is 14.3 Å². The highest BCUT2D eigenvalue weighted by Crippen LogP contribution is 2.29. The largest absolute Gasteiger partial charge is 0.490 e. The molecule has 0 radical (unpaired) electrons. The van der Waals surface area contributed by atoms with E-state index in [2.05, 4.69) is 4.98 Å². The maximum Gasteiger partial charge on any atom is 0.336 e. The van der Waals surface area contributed by atoms with Crippen molar-refractivity contribution in [3.63, 3.8) is 0 Å². The summed E-state index contributed by atoms with van der Waals surface area (Å²) in [5.41, 5.74) is 3.90. The number of nitrogens with zero attached hydrogens (tertiary/aromatic N) is 1. The molecular weight excluding hydrogens is 362 g/mol. The molecule has 146 valence electrons. The first-order valence-electron chi connectivity index (χ1n) is 9.46. The Morgan fingerprint density at radius 2 is 1.72 bits per heavy atom. The number of rotatable bonds is 7. The van der Waals surface area contributed by atoms with Gasteiger partial charge in [-0.3, -0.25) is 4.98 Å². The average Bonchev–Trinajstić information content (AvgIpc) is 2.74. The number of carbonyl (C=O) groups excluding carboxylic acids is 1. The van der Waals surface area contributed by atoms with E-state index in [1.165, 1.54) is 11.6 Å². The summed E-state index contributed by atoms with van der Waals surface area (Å²) in [4.78, 5) is 16.5. The summed E-state index contributed by atoms with van der Waals surface area (Å²) in [6.07, 6.45) is 8.74. The van der Waals surface area contributed by atoms with Gasteiger partial charge in [0.25, 0.3) is 0 Å². The molecule has 0 N–H and O–H groups in total. The summed E-state index contributed by atoms with van der Waals surface area (Å²) in [6, 6.07) is 19.1. The third-order valence-corrected chi connectivity index (χ3v) is 4.10. The lowest BCUT2D eigenvalue weighted by atomic mass is 10.1. The lowest BCUT2D eigenvalue weighted by Gasteiger charge is -2.10. The van der Waals surface area contributed by atoms with Gasteiger partial charge >= 0.3 is 5.97 Å². The van der Waals surface area contributed by atoms with E-state index in [9.17, 15) is 4.79 Å². The fraction of sp³-hybridized carbons (Fsp3) is 0.120. The molecule has 0 aliphatic rings. The smallest absolute Gasteiger partial charge is 0.336 e. The van der Waals surface area contributed by atoms with Gasteiger partial charge in [0, 0.05) is 12.3 Å². The van der Waals surface area contributed by atoms with Gasteiger partial charge in [-0.2, -0.15) is 0 Å². The van der Waals surface area contributed by atoms with Crippen LogP contribution in [0.2, 0.25) is 0 Å². The average molecular weight is 385 g/mol. The van der Waals surface area contributed by atoms with E-state index in [0.29, 0.717) is 18.1 Å². The monoisotopic (exact) mass is 385 g/mol. The van der Waals surface area contributed by atoms with Gasteiger partial charge in [-0.25, -0.2) is 4.79 Å². The van der Waals surface area contributed by atoms with Gasteiger partial charge in [-0.05, 0) is 61.4 Å². The van der Waals surface area contributed by atoms with Crippen molar-refractivity contribution in [2.45, 2.75) is 13.8 Å². The van der Waals surface area contributed by atoms with Crippen LogP contribution in [0.1, 0.15) is 29.3 Å². The van der Waals surface area contributed by atoms with Crippen molar-refractivity contribution in [1.82, 2.24) is 4.98 Å². The zero-order valence-corrected chi connectivity index (χ0v) is 16.5. The van der Waals surface area contributed by atoms with Crippen molar-refractivity contribution in [3.8, 4) is 11.5 Å². The zero-order chi connectivity index (χ0) is 20.5. The molecule has 0 saturated heterocycles. The third kappa shape index (κ3) is 6.18. The predicted octanol–water partition coefficient (Wildman–Crippen LogP) is 5.58. The molecule has 1 heterocycles. The fourth-order valence-electron chi connectivity index (χ4n) is 2.62. The first kappa shape index (κ1) is 20.1. The minimum absolute atomic E-state index is 0.389. The molecule has 2 aromatic carbocycles. The Bertz CT molecular complexity index is 1010. The molecule has 1 aromatic heterocycles. The van der Waals surface area contributed by atoms with E-state index < -0.39 is 5.97 Å². The Balaban J connectivity index is 1.71. The molecule has 4 heteroatoms. The molecule has 3 rings (SSSR count). The predicted molar refractivity (Wildman–Crippen MR) is 117 cm³/mol. The van der Waals surface area contributed by atoms with Crippen LogP contribution in [0, 0.1) is 6.92 Å². The fourth-order valence-corrected chi connectivity index (χ4v) is 2.62. The molecule has 0 spiro atoms. The highest BCUT2D eigenvalue weighted by Gasteiger charge is 2.09. The van der Waals surface area contributed by atoms with Crippen molar-refractivity contribution in [2.24, 2.45) is 0 Å². The van der Waals surface area contributed by atoms with Crippen molar-refractivity contribution in [1.29, 1.82) is 0 Å². The van der Waals surface area contributed by atoms with Gasteiger partial charge in [0.05, 0.1) is 12.3 Å². The first-order valence-corrected chi connectivity index (χ1v) is 9.46. The maximum absolute atomic E-state index is 12.2. The summed E-state index contributed by atoms with van der Waals surface area (Å²) in [7, 11) is 0. The minimum Gasteiger partial charge on any atom is -0.490 e. The number of hydrogen-bond donors (Lipinski definition) is 0. The molecule has 0 atom stereocenters. The maximum atomic E-state index is 12.2. The number of esters is 1. The molecule has 29 heavy (non-hydrogen) atoms. The summed E-state index contributed by atoms with van der Waals surface area (Å²) in [6.45, 7) is 4.38. The van der Waals surface area contributed by atoms with Gasteiger partial charge in [-0.1, -0.05) is 48.0 Å². The Morgan fingerprint density at radius 1 is 0.931 bits per heavy atom. The lowest BCUT2D eigenvalue weighted by Crippen LogP contribution is -2.06. The van der Waals surface area contributed by atoms with Gasteiger partial charge in [-0.15, -0.1) is 0 Å². The van der Waals surface area contributed by atoms with Crippen molar-refractivity contribution in [2.75, 3.05) is 6.61 Å². The molecular formula is C25H23NO3. The highest BCUT2D eigenvalue weighted by molar-refractivity contribution is 5.89. The Labute approximate surface area is 171 Å². The van der Waals surface area contributed by atoms with E-state index in [-0.39, 0.29) is 0 Å². The quantitative estimate of drug-likeness (QED) is 0.303. The van der Waals surface area contributed by atoms with Crippen LogP contribution < -0.4 is 9.47 Å². The summed E-state index contributed by atoms with van der Waals surface area (Å²) in [5.74, 6) is 0.455. The van der Waals surface area contributed by atoms with Crippen LogP contribution in [0.5, 0.6) is 11.5 Å². The number of benzene rings is 2. The standard InChI is InChI=1S/C25H23NO3/c1-3-28-24-18-21(11-14-22-6-4-5-17-26-22)12-15-23(24)29-25(27)16-13-20-9-7-19(2)8-10-20/h4-18H,3H2,1-2H3/b14-11+,16-13+. The van der Waals surface area contributed by atoms with Crippen LogP contribution in [-0.4, -0.2) is 17.6 Å². The second kappa shape index (κ2) is 10.0. The number of aryl methyl sites for hydroxylation is 1. The van der Waals surface area contributed by atoms with Crippen LogP contribution in [0.25, 0.3) is 18.2 Å². The number of hydrogen-bond acceptors (Lipinski definition) is 4. The van der Waals surface area contributed by atoms with Crippen molar-refractivity contribution in [3.05, 3.63) is 95.3 Å². The molecule has 0 aliphatic carbocycles. The summed E-state index contributed by atoms with van der Waals surface area (Å²) < 4.78 is 11.1. The van der Waals surface area contributed by atoms with E-state index in [4.69, 9.17) is 9.47 Å². The molecule has 0 fully saturated rings. The van der Waals surface area contributed by atoms with Gasteiger partial charge in [0.1, 0.15) is 0 Å². The van der Waals surface area contributed by atoms with Crippen LogP contribution in [0.3, 0.4) is 0 Å². The normalized spacial score (nSPS) is 11.1. The lowest BCUT2D eigenvalue weighted by molar-refractivity contribution is -0.129. The van der Waals surface area contributed by atoms with E-state index >= 15 is 0 Å². The Hall–Kier alpha value is -3.66. The Kier molecular flexibility index (Phi) is 6.95. The van der Waals surface area contributed by atoms with Crippen LogP contribution >= 0.6 is 0 Å².